The Morgan fingerprint density at radius 1 is 1.40 bits per heavy atom. The molecule has 0 saturated carbocycles. The van der Waals surface area contributed by atoms with Gasteiger partial charge in [-0.3, -0.25) is 4.79 Å². The fourth-order valence-corrected chi connectivity index (χ4v) is 2.36. The van der Waals surface area contributed by atoms with Crippen LogP contribution in [-0.2, 0) is 11.3 Å². The molecule has 0 aliphatic heterocycles. The van der Waals surface area contributed by atoms with E-state index in [1.165, 1.54) is 11.8 Å². The average molecular weight is 295 g/mol. The maximum Gasteiger partial charge on any atom is 0.233 e. The van der Waals surface area contributed by atoms with Gasteiger partial charge in [-0.05, 0) is 16.3 Å². The van der Waals surface area contributed by atoms with E-state index < -0.39 is 0 Å². The van der Waals surface area contributed by atoms with Gasteiger partial charge >= 0.3 is 0 Å². The summed E-state index contributed by atoms with van der Waals surface area (Å²) in [6.07, 6.45) is 3.41. The summed E-state index contributed by atoms with van der Waals surface area (Å²) in [4.78, 5) is 13.8. The molecule has 0 radical (unpaired) electrons. The lowest BCUT2D eigenvalue weighted by Crippen LogP contribution is -2.32. The predicted molar refractivity (Wildman–Crippen MR) is 80.4 cm³/mol. The van der Waals surface area contributed by atoms with Gasteiger partial charge in [0.2, 0.25) is 11.1 Å². The van der Waals surface area contributed by atoms with Crippen LogP contribution >= 0.6 is 11.8 Å². The van der Waals surface area contributed by atoms with Crippen molar-refractivity contribution in [1.29, 1.82) is 0 Å². The van der Waals surface area contributed by atoms with Crippen LogP contribution in [0.4, 0.5) is 0 Å². The van der Waals surface area contributed by atoms with Crippen molar-refractivity contribution in [3.05, 3.63) is 25.3 Å². The second-order valence-corrected chi connectivity index (χ2v) is 5.64. The molecule has 0 aliphatic rings. The second-order valence-electron chi connectivity index (χ2n) is 4.70. The van der Waals surface area contributed by atoms with E-state index in [1.54, 1.807) is 21.7 Å². The van der Waals surface area contributed by atoms with Crippen LogP contribution in [0.2, 0.25) is 0 Å². The summed E-state index contributed by atoms with van der Waals surface area (Å²) in [5.74, 6) is 0.778. The predicted octanol–water partition coefficient (Wildman–Crippen LogP) is 1.62. The van der Waals surface area contributed by atoms with E-state index in [0.717, 1.165) is 6.54 Å². The molecule has 6 nitrogen and oxygen atoms in total. The molecule has 20 heavy (non-hydrogen) atoms. The number of rotatable bonds is 9. The van der Waals surface area contributed by atoms with E-state index in [0.29, 0.717) is 29.9 Å². The van der Waals surface area contributed by atoms with Crippen molar-refractivity contribution in [2.45, 2.75) is 25.5 Å². The molecule has 1 aromatic heterocycles. The molecule has 0 fully saturated rings. The standard InChI is InChI=1S/C13H21N5OS/c1-5-7-17(8-6-2)12(19)10-20-13-14-15-16-18(13)9-11(3)4/h5-6,11H,1-2,7-10H2,3-4H3. The van der Waals surface area contributed by atoms with Crippen molar-refractivity contribution < 1.29 is 4.79 Å². The van der Waals surface area contributed by atoms with Crippen LogP contribution in [0.5, 0.6) is 0 Å². The summed E-state index contributed by atoms with van der Waals surface area (Å²) >= 11 is 1.35. The van der Waals surface area contributed by atoms with Crippen molar-refractivity contribution in [1.82, 2.24) is 25.1 Å². The number of carbonyl (C=O) groups is 1. The van der Waals surface area contributed by atoms with Crippen LogP contribution in [0, 0.1) is 5.92 Å². The minimum absolute atomic E-state index is 0.0221. The SMILES string of the molecule is C=CCN(CC=C)C(=O)CSc1nnnn1CC(C)C. The van der Waals surface area contributed by atoms with Crippen LogP contribution in [0.3, 0.4) is 0 Å². The highest BCUT2D eigenvalue weighted by Gasteiger charge is 2.14. The highest BCUT2D eigenvalue weighted by atomic mass is 32.2. The molecule has 110 valence electrons. The van der Waals surface area contributed by atoms with Gasteiger partial charge in [0, 0.05) is 19.6 Å². The molecule has 0 aliphatic carbocycles. The summed E-state index contributed by atoms with van der Waals surface area (Å²) in [6.45, 7) is 13.3. The first-order valence-electron chi connectivity index (χ1n) is 6.47. The van der Waals surface area contributed by atoms with E-state index in [2.05, 4.69) is 42.5 Å². The molecule has 0 bridgehead atoms. The maximum absolute atomic E-state index is 12.1. The third kappa shape index (κ3) is 5.16. The zero-order chi connectivity index (χ0) is 15.0. The molecule has 0 unspecified atom stereocenters. The molecule has 1 aromatic rings. The Morgan fingerprint density at radius 2 is 2.05 bits per heavy atom. The van der Waals surface area contributed by atoms with Gasteiger partial charge in [-0.25, -0.2) is 4.68 Å². The fourth-order valence-electron chi connectivity index (χ4n) is 1.57. The first kappa shape index (κ1) is 16.4. The monoisotopic (exact) mass is 295 g/mol. The number of hydrogen-bond donors (Lipinski definition) is 0. The number of nitrogens with zero attached hydrogens (tertiary/aromatic N) is 5. The minimum Gasteiger partial charge on any atom is -0.335 e. The largest absolute Gasteiger partial charge is 0.335 e. The summed E-state index contributed by atoms with van der Waals surface area (Å²) in [6, 6.07) is 0. The lowest BCUT2D eigenvalue weighted by atomic mass is 10.2. The van der Waals surface area contributed by atoms with E-state index in [9.17, 15) is 4.79 Å². The Balaban J connectivity index is 2.57. The van der Waals surface area contributed by atoms with Gasteiger partial charge in [0.1, 0.15) is 0 Å². The zero-order valence-electron chi connectivity index (χ0n) is 12.0. The summed E-state index contributed by atoms with van der Waals surface area (Å²) in [7, 11) is 0. The van der Waals surface area contributed by atoms with Gasteiger partial charge in [0.25, 0.3) is 0 Å². The normalized spacial score (nSPS) is 10.6. The van der Waals surface area contributed by atoms with Gasteiger partial charge in [0.15, 0.2) is 0 Å². The van der Waals surface area contributed by atoms with Crippen LogP contribution < -0.4 is 0 Å². The Kier molecular flexibility index (Phi) is 7.00. The lowest BCUT2D eigenvalue weighted by Gasteiger charge is -2.18. The van der Waals surface area contributed by atoms with Crippen LogP contribution in [-0.4, -0.2) is 49.9 Å². The molecular formula is C13H21N5OS. The quantitative estimate of drug-likeness (QED) is 0.512. The highest BCUT2D eigenvalue weighted by Crippen LogP contribution is 2.15. The Hall–Kier alpha value is -1.63. The van der Waals surface area contributed by atoms with Crippen molar-refractivity contribution in [2.24, 2.45) is 5.92 Å². The zero-order valence-corrected chi connectivity index (χ0v) is 12.8. The van der Waals surface area contributed by atoms with Gasteiger partial charge in [-0.1, -0.05) is 37.8 Å². The molecular weight excluding hydrogens is 274 g/mol. The first-order valence-corrected chi connectivity index (χ1v) is 7.45. The third-order valence-electron chi connectivity index (χ3n) is 2.41. The number of aromatic nitrogens is 4. The van der Waals surface area contributed by atoms with Crippen LogP contribution in [0.1, 0.15) is 13.8 Å². The van der Waals surface area contributed by atoms with E-state index >= 15 is 0 Å². The van der Waals surface area contributed by atoms with Gasteiger partial charge in [-0.15, -0.1) is 18.3 Å². The lowest BCUT2D eigenvalue weighted by molar-refractivity contribution is -0.127. The van der Waals surface area contributed by atoms with E-state index in [1.807, 2.05) is 0 Å². The van der Waals surface area contributed by atoms with Gasteiger partial charge in [0.05, 0.1) is 5.75 Å². The fraction of sp³-hybridized carbons (Fsp3) is 0.538. The maximum atomic E-state index is 12.1. The van der Waals surface area contributed by atoms with Crippen molar-refractivity contribution in [3.8, 4) is 0 Å². The molecule has 0 aromatic carbocycles. The Bertz CT molecular complexity index is 447. The molecule has 0 spiro atoms. The molecule has 0 N–H and O–H groups in total. The number of hydrogen-bond acceptors (Lipinski definition) is 5. The minimum atomic E-state index is 0.0221. The Labute approximate surface area is 123 Å². The number of thioether (sulfide) groups is 1. The Morgan fingerprint density at radius 3 is 2.60 bits per heavy atom. The molecule has 7 heteroatoms. The highest BCUT2D eigenvalue weighted by molar-refractivity contribution is 7.99. The summed E-state index contributed by atoms with van der Waals surface area (Å²) in [5, 5.41) is 12.2. The number of tetrazole rings is 1. The topological polar surface area (TPSA) is 63.9 Å². The van der Waals surface area contributed by atoms with E-state index in [4.69, 9.17) is 0 Å². The molecule has 1 rings (SSSR count). The number of carbonyl (C=O) groups excluding carboxylic acids is 1. The molecule has 1 amide bonds. The third-order valence-corrected chi connectivity index (χ3v) is 3.36. The summed E-state index contributed by atoms with van der Waals surface area (Å²) in [5.41, 5.74) is 0. The average Bonchev–Trinajstić information content (AvgIpc) is 2.82. The second kappa shape index (κ2) is 8.52. The van der Waals surface area contributed by atoms with Crippen molar-refractivity contribution in [2.75, 3.05) is 18.8 Å². The summed E-state index contributed by atoms with van der Waals surface area (Å²) < 4.78 is 1.73. The molecule has 0 saturated heterocycles. The van der Waals surface area contributed by atoms with Crippen molar-refractivity contribution >= 4 is 17.7 Å². The van der Waals surface area contributed by atoms with Gasteiger partial charge < -0.3 is 4.90 Å². The van der Waals surface area contributed by atoms with Crippen LogP contribution in [0.25, 0.3) is 0 Å². The molecule has 0 atom stereocenters. The van der Waals surface area contributed by atoms with E-state index in [-0.39, 0.29) is 5.91 Å². The van der Waals surface area contributed by atoms with Crippen molar-refractivity contribution in [3.63, 3.8) is 0 Å². The van der Waals surface area contributed by atoms with Crippen LogP contribution in [0.15, 0.2) is 30.5 Å². The molecule has 1 heterocycles. The number of amides is 1. The first-order chi connectivity index (χ1) is 9.58. The van der Waals surface area contributed by atoms with Gasteiger partial charge in [-0.2, -0.15) is 0 Å². The smallest absolute Gasteiger partial charge is 0.233 e.